The molecule has 1 saturated carbocycles. The van der Waals surface area contributed by atoms with Crippen molar-refractivity contribution >= 4 is 11.7 Å². The Hall–Kier alpha value is -1.73. The Morgan fingerprint density at radius 1 is 1.00 bits per heavy atom. The molecule has 0 aromatic carbocycles. The molecule has 4 rings (SSSR count). The maximum absolute atomic E-state index is 12.3. The van der Waals surface area contributed by atoms with Crippen LogP contribution in [-0.4, -0.2) is 53.6 Å². The van der Waals surface area contributed by atoms with E-state index in [0.29, 0.717) is 24.9 Å². The van der Waals surface area contributed by atoms with Gasteiger partial charge >= 0.3 is 0 Å². The minimum atomic E-state index is -0.159. The van der Waals surface area contributed by atoms with Gasteiger partial charge in [-0.1, -0.05) is 19.3 Å². The summed E-state index contributed by atoms with van der Waals surface area (Å²) in [7, 11) is 0. The van der Waals surface area contributed by atoms with Crippen LogP contribution in [0.1, 0.15) is 68.3 Å². The molecule has 1 amide bonds. The van der Waals surface area contributed by atoms with Gasteiger partial charge in [0, 0.05) is 31.9 Å². The van der Waals surface area contributed by atoms with Crippen LogP contribution < -0.4 is 10.6 Å². The molecule has 3 fully saturated rings. The number of amides is 1. The third-order valence-corrected chi connectivity index (χ3v) is 6.06. The van der Waals surface area contributed by atoms with Gasteiger partial charge in [-0.25, -0.2) is 0 Å². The topological polar surface area (TPSA) is 85.4 Å². The van der Waals surface area contributed by atoms with Gasteiger partial charge in [0.15, 0.2) is 5.69 Å². The molecule has 1 aromatic rings. The summed E-state index contributed by atoms with van der Waals surface area (Å²) in [6, 6.07) is 4.13. The summed E-state index contributed by atoms with van der Waals surface area (Å²) < 4.78 is 11.5. The highest BCUT2D eigenvalue weighted by Crippen LogP contribution is 2.39. The Labute approximate surface area is 160 Å². The number of carbonyl (C=O) groups excluding carboxylic acids is 1. The first-order valence-electron chi connectivity index (χ1n) is 10.4. The van der Waals surface area contributed by atoms with Crippen molar-refractivity contribution in [3.8, 4) is 0 Å². The van der Waals surface area contributed by atoms with Gasteiger partial charge in [-0.15, -0.1) is 10.2 Å². The fourth-order valence-corrected chi connectivity index (χ4v) is 4.54. The van der Waals surface area contributed by atoms with Crippen molar-refractivity contribution in [1.82, 2.24) is 15.5 Å². The van der Waals surface area contributed by atoms with Crippen molar-refractivity contribution in [2.24, 2.45) is 0 Å². The van der Waals surface area contributed by atoms with Gasteiger partial charge in [-0.2, -0.15) is 0 Å². The molecule has 1 unspecified atom stereocenters. The molecule has 1 spiro atoms. The molecule has 27 heavy (non-hydrogen) atoms. The van der Waals surface area contributed by atoms with E-state index in [1.807, 2.05) is 6.07 Å². The van der Waals surface area contributed by atoms with Crippen molar-refractivity contribution in [2.75, 3.05) is 25.1 Å². The van der Waals surface area contributed by atoms with E-state index < -0.39 is 0 Å². The highest BCUT2D eigenvalue weighted by atomic mass is 16.5. The van der Waals surface area contributed by atoms with Crippen LogP contribution in [0.25, 0.3) is 0 Å². The van der Waals surface area contributed by atoms with Crippen LogP contribution in [0.5, 0.6) is 0 Å². The Bertz CT molecular complexity index is 619. The first-order valence-corrected chi connectivity index (χ1v) is 10.4. The average Bonchev–Trinajstić information content (AvgIpc) is 2.70. The van der Waals surface area contributed by atoms with E-state index in [1.165, 1.54) is 32.1 Å². The van der Waals surface area contributed by atoms with Crippen LogP contribution in [0.3, 0.4) is 0 Å². The monoisotopic (exact) mass is 374 g/mol. The lowest BCUT2D eigenvalue weighted by molar-refractivity contribution is -0.103. The van der Waals surface area contributed by atoms with Crippen molar-refractivity contribution in [1.29, 1.82) is 0 Å². The number of carbonyl (C=O) groups is 1. The van der Waals surface area contributed by atoms with Gasteiger partial charge in [0.1, 0.15) is 5.82 Å². The fourth-order valence-electron chi connectivity index (χ4n) is 4.54. The third kappa shape index (κ3) is 4.76. The Balaban J connectivity index is 1.31. The quantitative estimate of drug-likeness (QED) is 0.843. The van der Waals surface area contributed by atoms with Crippen molar-refractivity contribution in [3.63, 3.8) is 0 Å². The molecule has 3 heterocycles. The Morgan fingerprint density at radius 3 is 2.52 bits per heavy atom. The molecule has 1 aromatic heterocycles. The number of nitrogens with one attached hydrogen (secondary N) is 2. The second-order valence-electron chi connectivity index (χ2n) is 8.09. The molecule has 2 aliphatic heterocycles. The molecular weight excluding hydrogens is 344 g/mol. The fraction of sp³-hybridized carbons (Fsp3) is 0.750. The molecule has 148 valence electrons. The smallest absolute Gasteiger partial charge is 0.272 e. The average molecular weight is 374 g/mol. The zero-order valence-corrected chi connectivity index (χ0v) is 15.9. The summed E-state index contributed by atoms with van der Waals surface area (Å²) in [5, 5.41) is 14.9. The van der Waals surface area contributed by atoms with Gasteiger partial charge in [0.05, 0.1) is 5.60 Å². The van der Waals surface area contributed by atoms with Crippen LogP contribution in [0.15, 0.2) is 12.1 Å². The van der Waals surface area contributed by atoms with Crippen LogP contribution in [0.4, 0.5) is 5.82 Å². The van der Waals surface area contributed by atoms with Crippen molar-refractivity contribution in [3.05, 3.63) is 17.8 Å². The number of rotatable bonds is 4. The van der Waals surface area contributed by atoms with Gasteiger partial charge in [0.2, 0.25) is 0 Å². The van der Waals surface area contributed by atoms with E-state index in [2.05, 4.69) is 20.8 Å². The van der Waals surface area contributed by atoms with E-state index in [1.54, 1.807) is 6.07 Å². The summed E-state index contributed by atoms with van der Waals surface area (Å²) in [6.07, 6.45) is 9.91. The highest BCUT2D eigenvalue weighted by molar-refractivity contribution is 5.92. The normalized spacial score (nSPS) is 25.9. The molecule has 1 aliphatic carbocycles. The van der Waals surface area contributed by atoms with Crippen LogP contribution in [0, 0.1) is 0 Å². The molecule has 0 bridgehead atoms. The standard InChI is InChI=1S/C20H30N4O3/c25-19(22-15-6-11-26-12-7-15)17-4-5-18(24-23-17)21-16-8-13-27-20(14-16)9-2-1-3-10-20/h4-5,15-16H,1-3,6-14H2,(H,21,24)(H,22,25). The highest BCUT2D eigenvalue weighted by Gasteiger charge is 2.38. The maximum Gasteiger partial charge on any atom is 0.272 e. The van der Waals surface area contributed by atoms with Crippen molar-refractivity contribution in [2.45, 2.75) is 75.5 Å². The summed E-state index contributed by atoms with van der Waals surface area (Å²) in [5.41, 5.74) is 0.424. The molecule has 2 N–H and O–H groups in total. The zero-order valence-electron chi connectivity index (χ0n) is 15.9. The Morgan fingerprint density at radius 2 is 1.78 bits per heavy atom. The van der Waals surface area contributed by atoms with E-state index >= 15 is 0 Å². The van der Waals surface area contributed by atoms with Gasteiger partial charge in [-0.05, 0) is 50.7 Å². The summed E-state index contributed by atoms with van der Waals surface area (Å²) in [5.74, 6) is 0.573. The molecule has 0 radical (unpaired) electrons. The largest absolute Gasteiger partial charge is 0.381 e. The number of aromatic nitrogens is 2. The Kier molecular flexibility index (Phi) is 5.88. The maximum atomic E-state index is 12.3. The van der Waals surface area contributed by atoms with E-state index in [-0.39, 0.29) is 17.6 Å². The predicted molar refractivity (Wildman–Crippen MR) is 102 cm³/mol. The number of hydrogen-bond donors (Lipinski definition) is 2. The van der Waals surface area contributed by atoms with E-state index in [9.17, 15) is 4.79 Å². The lowest BCUT2D eigenvalue weighted by Crippen LogP contribution is -2.45. The minimum absolute atomic E-state index is 0.0606. The van der Waals surface area contributed by atoms with E-state index in [4.69, 9.17) is 9.47 Å². The first kappa shape index (κ1) is 18.6. The molecule has 7 heteroatoms. The van der Waals surface area contributed by atoms with E-state index in [0.717, 1.165) is 38.1 Å². The minimum Gasteiger partial charge on any atom is -0.381 e. The van der Waals surface area contributed by atoms with Crippen LogP contribution >= 0.6 is 0 Å². The predicted octanol–water partition coefficient (Wildman–Crippen LogP) is 2.68. The summed E-state index contributed by atoms with van der Waals surface area (Å²) in [6.45, 7) is 2.20. The molecule has 3 aliphatic rings. The van der Waals surface area contributed by atoms with Gasteiger partial charge < -0.3 is 20.1 Å². The SMILES string of the molecule is O=C(NC1CCOCC1)c1ccc(NC2CCOC3(CCCCC3)C2)nn1. The lowest BCUT2D eigenvalue weighted by atomic mass is 9.78. The zero-order chi connectivity index (χ0) is 18.5. The second-order valence-corrected chi connectivity index (χ2v) is 8.09. The molecule has 2 saturated heterocycles. The van der Waals surface area contributed by atoms with Gasteiger partial charge in [-0.3, -0.25) is 4.79 Å². The van der Waals surface area contributed by atoms with Gasteiger partial charge in [0.25, 0.3) is 5.91 Å². The first-order chi connectivity index (χ1) is 13.2. The summed E-state index contributed by atoms with van der Waals surface area (Å²) in [4.78, 5) is 12.3. The molecular formula is C20H30N4O3. The third-order valence-electron chi connectivity index (χ3n) is 6.06. The molecule has 7 nitrogen and oxygen atoms in total. The molecule has 1 atom stereocenters. The lowest BCUT2D eigenvalue weighted by Gasteiger charge is -2.43. The number of anilines is 1. The second kappa shape index (κ2) is 8.52. The number of hydrogen-bond acceptors (Lipinski definition) is 6. The summed E-state index contributed by atoms with van der Waals surface area (Å²) >= 11 is 0. The van der Waals surface area contributed by atoms with Crippen LogP contribution in [0.2, 0.25) is 0 Å². The van der Waals surface area contributed by atoms with Crippen LogP contribution in [-0.2, 0) is 9.47 Å². The number of ether oxygens (including phenoxy) is 2. The van der Waals surface area contributed by atoms with Crippen molar-refractivity contribution < 1.29 is 14.3 Å². The number of nitrogens with zero attached hydrogens (tertiary/aromatic N) is 2.